The van der Waals surface area contributed by atoms with E-state index in [1.807, 2.05) is 31.2 Å². The van der Waals surface area contributed by atoms with Crippen LogP contribution in [0.5, 0.6) is 11.5 Å². The number of benzene rings is 3. The van der Waals surface area contributed by atoms with Crippen LogP contribution in [-0.2, 0) is 0 Å². The van der Waals surface area contributed by atoms with E-state index in [9.17, 15) is 15.0 Å². The van der Waals surface area contributed by atoms with Crippen LogP contribution in [0.25, 0.3) is 33.4 Å². The molecule has 3 aromatic carbocycles. The predicted molar refractivity (Wildman–Crippen MR) is 98.6 cm³/mol. The number of phenolic OH excluding ortho intramolecular Hbond substituents is 2. The molecular weight excluding hydrogens is 328 g/mol. The molecule has 0 amide bonds. The number of rotatable bonds is 1. The molecule has 0 unspecified atom stereocenters. The van der Waals surface area contributed by atoms with Crippen molar-refractivity contribution in [3.05, 3.63) is 71.3 Å². The van der Waals surface area contributed by atoms with E-state index in [1.165, 1.54) is 18.2 Å². The van der Waals surface area contributed by atoms with Crippen molar-refractivity contribution in [2.24, 2.45) is 0 Å². The lowest BCUT2D eigenvalue weighted by molar-refractivity contribution is 0.104. The van der Waals surface area contributed by atoms with Gasteiger partial charge in [-0.3, -0.25) is 4.79 Å². The molecule has 4 nitrogen and oxygen atoms in total. The van der Waals surface area contributed by atoms with Gasteiger partial charge in [-0.25, -0.2) is 0 Å². The Morgan fingerprint density at radius 3 is 2.46 bits per heavy atom. The lowest BCUT2D eigenvalue weighted by atomic mass is 9.83. The van der Waals surface area contributed by atoms with E-state index in [0.29, 0.717) is 33.4 Å². The first-order valence-corrected chi connectivity index (χ1v) is 8.27. The van der Waals surface area contributed by atoms with Gasteiger partial charge >= 0.3 is 0 Å². The third-order valence-corrected chi connectivity index (χ3v) is 4.82. The zero-order valence-electron chi connectivity index (χ0n) is 13.9. The second-order valence-electron chi connectivity index (χ2n) is 6.60. The molecule has 4 aromatic rings. The molecule has 2 N–H and O–H groups in total. The topological polar surface area (TPSA) is 70.7 Å². The van der Waals surface area contributed by atoms with Crippen molar-refractivity contribution in [1.82, 2.24) is 0 Å². The van der Waals surface area contributed by atoms with Crippen molar-refractivity contribution in [3.8, 4) is 33.9 Å². The molecule has 26 heavy (non-hydrogen) atoms. The normalized spacial score (nSPS) is 12.4. The number of ketones is 1. The summed E-state index contributed by atoms with van der Waals surface area (Å²) in [7, 11) is 0. The van der Waals surface area contributed by atoms with Crippen molar-refractivity contribution < 1.29 is 19.4 Å². The molecule has 1 heterocycles. The average molecular weight is 342 g/mol. The monoisotopic (exact) mass is 342 g/mol. The van der Waals surface area contributed by atoms with E-state index in [-0.39, 0.29) is 17.3 Å². The highest BCUT2D eigenvalue weighted by Gasteiger charge is 2.31. The van der Waals surface area contributed by atoms with Gasteiger partial charge < -0.3 is 14.6 Å². The van der Waals surface area contributed by atoms with Crippen LogP contribution in [0.1, 0.15) is 21.5 Å². The molecule has 5 rings (SSSR count). The Balaban J connectivity index is 1.97. The van der Waals surface area contributed by atoms with E-state index in [0.717, 1.165) is 16.7 Å². The first-order chi connectivity index (χ1) is 12.5. The van der Waals surface area contributed by atoms with Crippen molar-refractivity contribution in [3.63, 3.8) is 0 Å². The maximum atomic E-state index is 12.9. The molecular formula is C22H14O4. The first-order valence-electron chi connectivity index (χ1n) is 8.27. The van der Waals surface area contributed by atoms with Crippen LogP contribution >= 0.6 is 0 Å². The fourth-order valence-corrected chi connectivity index (χ4v) is 3.72. The number of fused-ring (bicyclic) bond motifs is 2. The molecule has 4 heteroatoms. The molecule has 0 saturated heterocycles. The predicted octanol–water partition coefficient (Wildman–Crippen LogP) is 5.03. The first kappa shape index (κ1) is 14.8. The molecule has 0 bridgehead atoms. The summed E-state index contributed by atoms with van der Waals surface area (Å²) >= 11 is 0. The number of carbonyl (C=O) groups is 1. The van der Waals surface area contributed by atoms with Gasteiger partial charge in [-0.15, -0.1) is 0 Å². The lowest BCUT2D eigenvalue weighted by Crippen LogP contribution is -2.08. The van der Waals surface area contributed by atoms with Crippen LogP contribution in [0.4, 0.5) is 0 Å². The summed E-state index contributed by atoms with van der Waals surface area (Å²) in [6.07, 6.45) is 0. The van der Waals surface area contributed by atoms with Gasteiger partial charge in [0.25, 0.3) is 0 Å². The lowest BCUT2D eigenvalue weighted by Gasteiger charge is -2.17. The van der Waals surface area contributed by atoms with E-state index in [4.69, 9.17) is 4.42 Å². The van der Waals surface area contributed by atoms with Crippen LogP contribution < -0.4 is 0 Å². The maximum Gasteiger partial charge on any atom is 0.194 e. The number of hydrogen-bond acceptors (Lipinski definition) is 4. The van der Waals surface area contributed by atoms with Gasteiger partial charge in [0.1, 0.15) is 22.8 Å². The van der Waals surface area contributed by atoms with Crippen molar-refractivity contribution in [2.75, 3.05) is 0 Å². The number of aryl methyl sites for hydroxylation is 1. The quantitative estimate of drug-likeness (QED) is 0.448. The highest BCUT2D eigenvalue weighted by Crippen LogP contribution is 2.48. The highest BCUT2D eigenvalue weighted by atomic mass is 16.3. The maximum absolute atomic E-state index is 12.9. The highest BCUT2D eigenvalue weighted by molar-refractivity contribution is 6.27. The van der Waals surface area contributed by atoms with Gasteiger partial charge in [0, 0.05) is 39.3 Å². The zero-order chi connectivity index (χ0) is 18.0. The summed E-state index contributed by atoms with van der Waals surface area (Å²) in [6, 6.07) is 15.6. The fourth-order valence-electron chi connectivity index (χ4n) is 3.72. The van der Waals surface area contributed by atoms with Crippen LogP contribution in [0.15, 0.2) is 59.0 Å². The molecule has 0 atom stereocenters. The average Bonchev–Trinajstić information content (AvgIpc) is 2.99. The molecule has 0 aliphatic heterocycles. The van der Waals surface area contributed by atoms with Gasteiger partial charge in [-0.1, -0.05) is 23.8 Å². The summed E-state index contributed by atoms with van der Waals surface area (Å²) < 4.78 is 6.08. The summed E-state index contributed by atoms with van der Waals surface area (Å²) in [4.78, 5) is 12.9. The van der Waals surface area contributed by atoms with E-state index in [1.54, 1.807) is 12.1 Å². The minimum atomic E-state index is -0.190. The molecule has 1 aliphatic rings. The third-order valence-electron chi connectivity index (χ3n) is 4.82. The Bertz CT molecular complexity index is 1230. The molecule has 0 spiro atoms. The van der Waals surface area contributed by atoms with Crippen molar-refractivity contribution in [1.29, 1.82) is 0 Å². The summed E-state index contributed by atoms with van der Waals surface area (Å²) in [5.74, 6) is 0.502. The third kappa shape index (κ3) is 1.93. The number of furan rings is 1. The Labute approximate surface area is 148 Å². The molecule has 0 radical (unpaired) electrons. The van der Waals surface area contributed by atoms with Gasteiger partial charge in [-0.2, -0.15) is 0 Å². The number of aromatic hydroxyl groups is 2. The molecule has 1 aliphatic carbocycles. The van der Waals surface area contributed by atoms with Crippen LogP contribution in [-0.4, -0.2) is 16.0 Å². The van der Waals surface area contributed by atoms with E-state index >= 15 is 0 Å². The summed E-state index contributed by atoms with van der Waals surface area (Å²) in [5.41, 5.74) is 4.73. The molecule has 0 fully saturated rings. The minimum Gasteiger partial charge on any atom is -0.508 e. The van der Waals surface area contributed by atoms with E-state index in [2.05, 4.69) is 0 Å². The number of phenols is 2. The van der Waals surface area contributed by atoms with Crippen LogP contribution in [0, 0.1) is 6.92 Å². The Hall–Kier alpha value is -3.53. The zero-order valence-corrected chi connectivity index (χ0v) is 13.9. The van der Waals surface area contributed by atoms with Gasteiger partial charge in [0.05, 0.1) is 0 Å². The minimum absolute atomic E-state index is 0.0147. The molecule has 0 saturated carbocycles. The fraction of sp³-hybridized carbons (Fsp3) is 0.0455. The van der Waals surface area contributed by atoms with Crippen molar-refractivity contribution >= 4 is 16.8 Å². The van der Waals surface area contributed by atoms with Gasteiger partial charge in [0.15, 0.2) is 5.78 Å². The van der Waals surface area contributed by atoms with Crippen LogP contribution in [0.3, 0.4) is 0 Å². The smallest absolute Gasteiger partial charge is 0.194 e. The second kappa shape index (κ2) is 4.99. The van der Waals surface area contributed by atoms with E-state index < -0.39 is 0 Å². The summed E-state index contributed by atoms with van der Waals surface area (Å²) in [5, 5.41) is 20.7. The van der Waals surface area contributed by atoms with Crippen molar-refractivity contribution in [2.45, 2.75) is 6.92 Å². The largest absolute Gasteiger partial charge is 0.508 e. The standard InChI is InChI=1S/C22H14O4/c1-11-3-2-4-12(7-11)22-20-16-8-13(23)5-6-15(16)21(25)17-9-14(24)10-18(26-22)19(17)20/h2-10,23-24H,1H3. The van der Waals surface area contributed by atoms with Gasteiger partial charge in [0.2, 0.25) is 0 Å². The number of hydrogen-bond donors (Lipinski definition) is 2. The Kier molecular flexibility index (Phi) is 2.84. The summed E-state index contributed by atoms with van der Waals surface area (Å²) in [6.45, 7) is 2.00. The Morgan fingerprint density at radius 2 is 1.65 bits per heavy atom. The number of carbonyl (C=O) groups excluding carboxylic acids is 1. The van der Waals surface area contributed by atoms with Gasteiger partial charge in [-0.05, 0) is 37.3 Å². The van der Waals surface area contributed by atoms with Crippen LogP contribution in [0.2, 0.25) is 0 Å². The molecule has 126 valence electrons. The SMILES string of the molecule is Cc1cccc(-c2oc3cc(O)cc4c3c2-c2cc(O)ccc2C4=O)c1. The Morgan fingerprint density at radius 1 is 0.846 bits per heavy atom. The second-order valence-corrected chi connectivity index (χ2v) is 6.60. The molecule has 1 aromatic heterocycles.